The zero-order valence-electron chi connectivity index (χ0n) is 19.2. The fourth-order valence-electron chi connectivity index (χ4n) is 3.78. The Kier molecular flexibility index (Phi) is 8.06. The highest BCUT2D eigenvalue weighted by molar-refractivity contribution is 5.65. The number of H-pyrrole nitrogens is 1. The van der Waals surface area contributed by atoms with Gasteiger partial charge >= 0.3 is 6.09 Å². The van der Waals surface area contributed by atoms with Gasteiger partial charge < -0.3 is 20.3 Å². The van der Waals surface area contributed by atoms with E-state index in [1.165, 1.54) is 10.5 Å². The molecule has 0 aliphatic rings. The van der Waals surface area contributed by atoms with E-state index in [9.17, 15) is 9.90 Å². The highest BCUT2D eigenvalue weighted by atomic mass is 16.4. The Morgan fingerprint density at radius 2 is 1.72 bits per heavy atom. The first kappa shape index (κ1) is 23.5. The molecule has 6 nitrogen and oxygen atoms in total. The third-order valence-electron chi connectivity index (χ3n) is 5.56. The Morgan fingerprint density at radius 3 is 2.34 bits per heavy atom. The second kappa shape index (κ2) is 11.0. The molecule has 1 heterocycles. The highest BCUT2D eigenvalue weighted by Gasteiger charge is 2.25. The van der Waals surface area contributed by atoms with Crippen molar-refractivity contribution in [2.45, 2.75) is 58.2 Å². The molecule has 1 unspecified atom stereocenters. The van der Waals surface area contributed by atoms with E-state index in [2.05, 4.69) is 34.6 Å². The predicted octanol–water partition coefficient (Wildman–Crippen LogP) is 5.86. The Bertz CT molecular complexity index is 964. The SMILES string of the molecule is CC(C)(C)N(CCCCC(NCc1ccccc1)c1nc(-c2ccccc2)c[nH]1)C(=O)O. The van der Waals surface area contributed by atoms with Crippen LogP contribution in [-0.2, 0) is 6.54 Å². The average molecular weight is 435 g/mol. The number of unbranched alkanes of at least 4 members (excludes halogenated alkanes) is 1. The number of aromatic amines is 1. The second-order valence-electron chi connectivity index (χ2n) is 9.06. The molecular formula is C26H34N4O2. The van der Waals surface area contributed by atoms with E-state index in [0.717, 1.165) is 42.9 Å². The van der Waals surface area contributed by atoms with Crippen molar-refractivity contribution in [2.75, 3.05) is 6.54 Å². The summed E-state index contributed by atoms with van der Waals surface area (Å²) in [6.07, 6.45) is 3.65. The predicted molar refractivity (Wildman–Crippen MR) is 128 cm³/mol. The van der Waals surface area contributed by atoms with E-state index in [4.69, 9.17) is 4.98 Å². The van der Waals surface area contributed by atoms with Crippen LogP contribution in [0.25, 0.3) is 11.3 Å². The maximum atomic E-state index is 11.6. The molecule has 1 atom stereocenters. The number of carbonyl (C=O) groups is 1. The quantitative estimate of drug-likeness (QED) is 0.349. The van der Waals surface area contributed by atoms with E-state index in [-0.39, 0.29) is 6.04 Å². The molecule has 32 heavy (non-hydrogen) atoms. The summed E-state index contributed by atoms with van der Waals surface area (Å²) in [6.45, 7) is 7.06. The molecule has 0 bridgehead atoms. The van der Waals surface area contributed by atoms with Crippen molar-refractivity contribution in [2.24, 2.45) is 0 Å². The maximum Gasteiger partial charge on any atom is 0.407 e. The van der Waals surface area contributed by atoms with Crippen LogP contribution in [0, 0.1) is 0 Å². The van der Waals surface area contributed by atoms with E-state index in [1.54, 1.807) is 0 Å². The van der Waals surface area contributed by atoms with Gasteiger partial charge in [0.2, 0.25) is 0 Å². The fourth-order valence-corrected chi connectivity index (χ4v) is 3.78. The smallest absolute Gasteiger partial charge is 0.407 e. The summed E-state index contributed by atoms with van der Waals surface area (Å²) in [5.74, 6) is 0.908. The van der Waals surface area contributed by atoms with Crippen LogP contribution in [-0.4, -0.2) is 38.2 Å². The van der Waals surface area contributed by atoms with Gasteiger partial charge in [0.15, 0.2) is 0 Å². The van der Waals surface area contributed by atoms with Gasteiger partial charge in [-0.1, -0.05) is 60.7 Å². The van der Waals surface area contributed by atoms with E-state index in [0.29, 0.717) is 6.54 Å². The van der Waals surface area contributed by atoms with Crippen molar-refractivity contribution >= 4 is 6.09 Å². The van der Waals surface area contributed by atoms with Crippen LogP contribution in [0.3, 0.4) is 0 Å². The Labute approximate surface area is 190 Å². The topological polar surface area (TPSA) is 81.2 Å². The van der Waals surface area contributed by atoms with Crippen LogP contribution in [0.2, 0.25) is 0 Å². The van der Waals surface area contributed by atoms with Gasteiger partial charge in [-0.15, -0.1) is 0 Å². The summed E-state index contributed by atoms with van der Waals surface area (Å²) < 4.78 is 0. The van der Waals surface area contributed by atoms with Gasteiger partial charge in [0.1, 0.15) is 5.82 Å². The first-order valence-electron chi connectivity index (χ1n) is 11.2. The normalized spacial score (nSPS) is 12.5. The fraction of sp³-hybridized carbons (Fsp3) is 0.385. The third-order valence-corrected chi connectivity index (χ3v) is 5.56. The number of carboxylic acid groups (broad SMARTS) is 1. The number of imidazole rings is 1. The number of amides is 1. The molecule has 3 aromatic rings. The Hall–Kier alpha value is -3.12. The monoisotopic (exact) mass is 434 g/mol. The van der Waals surface area contributed by atoms with Gasteiger partial charge in [-0.25, -0.2) is 9.78 Å². The average Bonchev–Trinajstić information content (AvgIpc) is 3.26. The lowest BCUT2D eigenvalue weighted by Crippen LogP contribution is -2.45. The van der Waals surface area contributed by atoms with E-state index >= 15 is 0 Å². The first-order valence-corrected chi connectivity index (χ1v) is 11.2. The van der Waals surface area contributed by atoms with Crippen LogP contribution in [0.15, 0.2) is 66.9 Å². The number of hydrogen-bond acceptors (Lipinski definition) is 3. The molecular weight excluding hydrogens is 400 g/mol. The Balaban J connectivity index is 1.66. The van der Waals surface area contributed by atoms with Crippen molar-refractivity contribution in [3.63, 3.8) is 0 Å². The summed E-state index contributed by atoms with van der Waals surface area (Å²) in [7, 11) is 0. The summed E-state index contributed by atoms with van der Waals surface area (Å²) in [5, 5.41) is 13.1. The molecule has 1 aromatic heterocycles. The summed E-state index contributed by atoms with van der Waals surface area (Å²) >= 11 is 0. The van der Waals surface area contributed by atoms with E-state index < -0.39 is 11.6 Å². The van der Waals surface area contributed by atoms with Gasteiger partial charge in [0.25, 0.3) is 0 Å². The number of nitrogens with zero attached hydrogens (tertiary/aromatic N) is 2. The number of benzene rings is 2. The molecule has 0 saturated carbocycles. The lowest BCUT2D eigenvalue weighted by molar-refractivity contribution is 0.0988. The molecule has 1 amide bonds. The van der Waals surface area contributed by atoms with Crippen LogP contribution in [0.1, 0.15) is 57.5 Å². The lowest BCUT2D eigenvalue weighted by atomic mass is 10.0. The largest absolute Gasteiger partial charge is 0.465 e. The maximum absolute atomic E-state index is 11.6. The minimum atomic E-state index is -0.866. The molecule has 6 heteroatoms. The van der Waals surface area contributed by atoms with Crippen molar-refractivity contribution in [3.8, 4) is 11.3 Å². The number of nitrogens with one attached hydrogen (secondary N) is 2. The molecule has 3 rings (SSSR count). The minimum absolute atomic E-state index is 0.0561. The van der Waals surface area contributed by atoms with Crippen molar-refractivity contribution in [1.29, 1.82) is 0 Å². The first-order chi connectivity index (χ1) is 15.3. The van der Waals surface area contributed by atoms with Crippen LogP contribution in [0.5, 0.6) is 0 Å². The molecule has 0 fully saturated rings. The highest BCUT2D eigenvalue weighted by Crippen LogP contribution is 2.23. The van der Waals surface area contributed by atoms with Crippen molar-refractivity contribution < 1.29 is 9.90 Å². The Morgan fingerprint density at radius 1 is 1.06 bits per heavy atom. The molecule has 0 aliphatic carbocycles. The summed E-state index contributed by atoms with van der Waals surface area (Å²) in [5.41, 5.74) is 2.83. The molecule has 0 spiro atoms. The van der Waals surface area contributed by atoms with E-state index in [1.807, 2.05) is 63.4 Å². The second-order valence-corrected chi connectivity index (χ2v) is 9.06. The van der Waals surface area contributed by atoms with Gasteiger partial charge in [0, 0.05) is 30.4 Å². The van der Waals surface area contributed by atoms with Crippen molar-refractivity contribution in [1.82, 2.24) is 20.2 Å². The number of rotatable bonds is 10. The zero-order chi connectivity index (χ0) is 23.0. The van der Waals surface area contributed by atoms with Crippen LogP contribution in [0.4, 0.5) is 4.79 Å². The molecule has 170 valence electrons. The van der Waals surface area contributed by atoms with Gasteiger partial charge in [0.05, 0.1) is 11.7 Å². The van der Waals surface area contributed by atoms with Gasteiger partial charge in [-0.2, -0.15) is 0 Å². The van der Waals surface area contributed by atoms with Crippen LogP contribution >= 0.6 is 0 Å². The lowest BCUT2D eigenvalue weighted by Gasteiger charge is -2.33. The third kappa shape index (κ3) is 6.69. The zero-order valence-corrected chi connectivity index (χ0v) is 19.2. The minimum Gasteiger partial charge on any atom is -0.465 e. The van der Waals surface area contributed by atoms with Crippen LogP contribution < -0.4 is 5.32 Å². The molecule has 0 saturated heterocycles. The van der Waals surface area contributed by atoms with Crippen molar-refractivity contribution in [3.05, 3.63) is 78.2 Å². The summed E-state index contributed by atoms with van der Waals surface area (Å²) in [6, 6.07) is 20.5. The van der Waals surface area contributed by atoms with Gasteiger partial charge in [-0.05, 0) is 45.6 Å². The molecule has 0 radical (unpaired) electrons. The number of aromatic nitrogens is 2. The number of hydrogen-bond donors (Lipinski definition) is 3. The molecule has 0 aliphatic heterocycles. The van der Waals surface area contributed by atoms with Gasteiger partial charge in [-0.3, -0.25) is 0 Å². The molecule has 2 aromatic carbocycles. The standard InChI is InChI=1S/C26H34N4O2/c1-26(2,3)30(25(31)32)17-11-10-16-22(27-18-20-12-6-4-7-13-20)24-28-19-23(29-24)21-14-8-5-9-15-21/h4-9,12-15,19,22,27H,10-11,16-18H2,1-3H3,(H,28,29)(H,31,32). The molecule has 3 N–H and O–H groups in total. The summed E-state index contributed by atoms with van der Waals surface area (Å²) in [4.78, 5) is 21.3.